The zero-order valence-electron chi connectivity index (χ0n) is 11.1. The Morgan fingerprint density at radius 3 is 2.68 bits per heavy atom. The fraction of sp³-hybridized carbons (Fsp3) is 0.250. The van der Waals surface area contributed by atoms with Gasteiger partial charge in [-0.3, -0.25) is 0 Å². The van der Waals surface area contributed by atoms with Crippen molar-refractivity contribution in [1.82, 2.24) is 5.32 Å². The van der Waals surface area contributed by atoms with Gasteiger partial charge in [0.2, 0.25) is 0 Å². The molecule has 0 spiro atoms. The van der Waals surface area contributed by atoms with Gasteiger partial charge in [-0.05, 0) is 59.8 Å². The van der Waals surface area contributed by atoms with Gasteiger partial charge >= 0.3 is 0 Å². The van der Waals surface area contributed by atoms with Crippen molar-refractivity contribution >= 4 is 22.6 Å². The summed E-state index contributed by atoms with van der Waals surface area (Å²) in [5.74, 6) is -0.157. The van der Waals surface area contributed by atoms with E-state index in [0.29, 0.717) is 5.56 Å². The molecule has 2 rings (SSSR count). The van der Waals surface area contributed by atoms with Gasteiger partial charge in [-0.15, -0.1) is 0 Å². The summed E-state index contributed by atoms with van der Waals surface area (Å²) in [7, 11) is 0. The first kappa shape index (κ1) is 14.5. The normalized spacial score (nSPS) is 12.4. The van der Waals surface area contributed by atoms with Gasteiger partial charge in [-0.25, -0.2) is 4.39 Å². The molecule has 0 bridgehead atoms. The van der Waals surface area contributed by atoms with Gasteiger partial charge in [0.05, 0.1) is 6.04 Å². The lowest BCUT2D eigenvalue weighted by Crippen LogP contribution is -2.23. The minimum atomic E-state index is -0.157. The van der Waals surface area contributed by atoms with Crippen LogP contribution < -0.4 is 5.32 Å². The van der Waals surface area contributed by atoms with Crippen molar-refractivity contribution in [3.63, 3.8) is 0 Å². The largest absolute Gasteiger partial charge is 0.306 e. The van der Waals surface area contributed by atoms with Crippen LogP contribution >= 0.6 is 22.6 Å². The SMILES string of the molecule is CCNC(c1cccc(I)c1)c1cc(C)ccc1F. The highest BCUT2D eigenvalue weighted by Crippen LogP contribution is 2.26. The monoisotopic (exact) mass is 369 g/mol. The quantitative estimate of drug-likeness (QED) is 0.786. The Labute approximate surface area is 127 Å². The molecule has 0 aliphatic heterocycles. The van der Waals surface area contributed by atoms with Crippen molar-refractivity contribution in [2.24, 2.45) is 0 Å². The molecule has 2 aromatic carbocycles. The smallest absolute Gasteiger partial charge is 0.128 e. The maximum atomic E-state index is 14.1. The van der Waals surface area contributed by atoms with E-state index in [1.54, 1.807) is 12.1 Å². The lowest BCUT2D eigenvalue weighted by atomic mass is 9.97. The molecule has 0 heterocycles. The van der Waals surface area contributed by atoms with Gasteiger partial charge in [0.25, 0.3) is 0 Å². The minimum Gasteiger partial charge on any atom is -0.306 e. The van der Waals surface area contributed by atoms with E-state index in [1.165, 1.54) is 0 Å². The van der Waals surface area contributed by atoms with Crippen LogP contribution in [-0.4, -0.2) is 6.54 Å². The lowest BCUT2D eigenvalue weighted by Gasteiger charge is -2.20. The number of halogens is 2. The first-order valence-corrected chi connectivity index (χ1v) is 7.44. The number of rotatable bonds is 4. The van der Waals surface area contributed by atoms with Crippen LogP contribution in [0.5, 0.6) is 0 Å². The summed E-state index contributed by atoms with van der Waals surface area (Å²) in [6.07, 6.45) is 0. The molecule has 0 fully saturated rings. The molecule has 1 atom stereocenters. The summed E-state index contributed by atoms with van der Waals surface area (Å²) in [6.45, 7) is 4.82. The fourth-order valence-electron chi connectivity index (χ4n) is 2.18. The van der Waals surface area contributed by atoms with Crippen LogP contribution in [-0.2, 0) is 0 Å². The summed E-state index contributed by atoms with van der Waals surface area (Å²) >= 11 is 2.28. The third-order valence-corrected chi connectivity index (χ3v) is 3.72. The molecule has 1 N–H and O–H groups in total. The van der Waals surface area contributed by atoms with E-state index in [2.05, 4.69) is 34.0 Å². The zero-order valence-corrected chi connectivity index (χ0v) is 13.2. The average Bonchev–Trinajstić information content (AvgIpc) is 2.39. The second kappa shape index (κ2) is 6.48. The number of hydrogen-bond donors (Lipinski definition) is 1. The standard InChI is InChI=1S/C16H17FIN/c1-3-19-16(12-5-4-6-13(18)10-12)14-9-11(2)7-8-15(14)17/h4-10,16,19H,3H2,1-2H3. The zero-order chi connectivity index (χ0) is 13.8. The molecular formula is C16H17FIN. The van der Waals surface area contributed by atoms with Gasteiger partial charge in [-0.1, -0.05) is 36.8 Å². The maximum Gasteiger partial charge on any atom is 0.128 e. The summed E-state index contributed by atoms with van der Waals surface area (Å²) in [6, 6.07) is 13.4. The molecule has 0 aliphatic carbocycles. The molecule has 1 unspecified atom stereocenters. The van der Waals surface area contributed by atoms with E-state index in [9.17, 15) is 4.39 Å². The molecule has 0 saturated heterocycles. The summed E-state index contributed by atoms with van der Waals surface area (Å²) in [5, 5.41) is 3.37. The molecule has 3 heteroatoms. The maximum absolute atomic E-state index is 14.1. The van der Waals surface area contributed by atoms with Crippen molar-refractivity contribution in [1.29, 1.82) is 0 Å². The van der Waals surface area contributed by atoms with E-state index in [1.807, 2.05) is 38.1 Å². The Hall–Kier alpha value is -0.940. The highest BCUT2D eigenvalue weighted by molar-refractivity contribution is 14.1. The molecule has 0 amide bonds. The van der Waals surface area contributed by atoms with E-state index in [0.717, 1.165) is 21.2 Å². The van der Waals surface area contributed by atoms with Gasteiger partial charge in [0.1, 0.15) is 5.82 Å². The van der Waals surface area contributed by atoms with Crippen LogP contribution in [0.25, 0.3) is 0 Å². The first-order valence-electron chi connectivity index (χ1n) is 6.36. The number of aryl methyl sites for hydroxylation is 1. The number of nitrogens with one attached hydrogen (secondary N) is 1. The topological polar surface area (TPSA) is 12.0 Å². The van der Waals surface area contributed by atoms with Crippen molar-refractivity contribution < 1.29 is 4.39 Å². The van der Waals surface area contributed by atoms with E-state index in [-0.39, 0.29) is 11.9 Å². The molecular weight excluding hydrogens is 352 g/mol. The molecule has 19 heavy (non-hydrogen) atoms. The highest BCUT2D eigenvalue weighted by Gasteiger charge is 2.17. The molecule has 2 aromatic rings. The van der Waals surface area contributed by atoms with Gasteiger partial charge in [-0.2, -0.15) is 0 Å². The Kier molecular flexibility index (Phi) is 4.93. The van der Waals surface area contributed by atoms with Crippen molar-refractivity contribution in [3.8, 4) is 0 Å². The van der Waals surface area contributed by atoms with E-state index < -0.39 is 0 Å². The number of hydrogen-bond acceptors (Lipinski definition) is 1. The van der Waals surface area contributed by atoms with Crippen LogP contribution in [0.3, 0.4) is 0 Å². The van der Waals surface area contributed by atoms with Crippen LogP contribution in [0.15, 0.2) is 42.5 Å². The third kappa shape index (κ3) is 3.54. The molecule has 0 aliphatic rings. The molecule has 0 saturated carbocycles. The second-order valence-corrected chi connectivity index (χ2v) is 5.82. The van der Waals surface area contributed by atoms with Crippen molar-refractivity contribution in [2.45, 2.75) is 19.9 Å². The summed E-state index contributed by atoms with van der Waals surface area (Å²) in [5.41, 5.74) is 2.88. The van der Waals surface area contributed by atoms with Crippen LogP contribution in [0.1, 0.15) is 29.7 Å². The van der Waals surface area contributed by atoms with Gasteiger partial charge in [0, 0.05) is 9.13 Å². The Balaban J connectivity index is 2.48. The van der Waals surface area contributed by atoms with Crippen LogP contribution in [0.4, 0.5) is 4.39 Å². The summed E-state index contributed by atoms with van der Waals surface area (Å²) in [4.78, 5) is 0. The highest BCUT2D eigenvalue weighted by atomic mass is 127. The number of benzene rings is 2. The predicted octanol–water partition coefficient (Wildman–Crippen LogP) is 4.44. The Morgan fingerprint density at radius 2 is 2.00 bits per heavy atom. The van der Waals surface area contributed by atoms with Crippen LogP contribution in [0.2, 0.25) is 0 Å². The second-order valence-electron chi connectivity index (χ2n) is 4.57. The minimum absolute atomic E-state index is 0.0976. The van der Waals surface area contributed by atoms with Crippen LogP contribution in [0, 0.1) is 16.3 Å². The van der Waals surface area contributed by atoms with Crippen molar-refractivity contribution in [3.05, 3.63) is 68.5 Å². The first-order chi connectivity index (χ1) is 9.11. The van der Waals surface area contributed by atoms with Gasteiger partial charge < -0.3 is 5.32 Å². The third-order valence-electron chi connectivity index (χ3n) is 3.05. The lowest BCUT2D eigenvalue weighted by molar-refractivity contribution is 0.558. The molecule has 1 nitrogen and oxygen atoms in total. The average molecular weight is 369 g/mol. The van der Waals surface area contributed by atoms with E-state index >= 15 is 0 Å². The van der Waals surface area contributed by atoms with E-state index in [4.69, 9.17) is 0 Å². The molecule has 100 valence electrons. The predicted molar refractivity (Wildman–Crippen MR) is 85.8 cm³/mol. The van der Waals surface area contributed by atoms with Crippen molar-refractivity contribution in [2.75, 3.05) is 6.54 Å². The molecule has 0 aromatic heterocycles. The Morgan fingerprint density at radius 1 is 1.21 bits per heavy atom. The van der Waals surface area contributed by atoms with Gasteiger partial charge in [0.15, 0.2) is 0 Å². The fourth-order valence-corrected chi connectivity index (χ4v) is 2.75. The summed E-state index contributed by atoms with van der Waals surface area (Å²) < 4.78 is 15.2. The molecule has 0 radical (unpaired) electrons. The Bertz CT molecular complexity index is 568.